The summed E-state index contributed by atoms with van der Waals surface area (Å²) in [5.74, 6) is 0.716. The normalized spacial score (nSPS) is 11.9. The van der Waals surface area contributed by atoms with Crippen LogP contribution in [0.5, 0.6) is 5.75 Å². The Labute approximate surface area is 101 Å². The number of ether oxygens (including phenoxy) is 1. The lowest BCUT2D eigenvalue weighted by atomic mass is 10.1. The summed E-state index contributed by atoms with van der Waals surface area (Å²) in [4.78, 5) is 0. The van der Waals surface area contributed by atoms with E-state index in [0.717, 1.165) is 6.42 Å². The number of hydrogen-bond donors (Lipinski definition) is 1. The lowest BCUT2D eigenvalue weighted by Gasteiger charge is -2.12. The fourth-order valence-corrected chi connectivity index (χ4v) is 1.37. The molecule has 3 nitrogen and oxygen atoms in total. The van der Waals surface area contributed by atoms with Gasteiger partial charge in [0.15, 0.2) is 0 Å². The highest BCUT2D eigenvalue weighted by atomic mass is 19.1. The number of halogens is 1. The van der Waals surface area contributed by atoms with Crippen LogP contribution in [0.3, 0.4) is 0 Å². The zero-order valence-corrected chi connectivity index (χ0v) is 10.4. The molecule has 0 saturated carbocycles. The van der Waals surface area contributed by atoms with Gasteiger partial charge < -0.3 is 9.94 Å². The van der Waals surface area contributed by atoms with Crippen molar-refractivity contribution in [2.45, 2.75) is 27.2 Å². The van der Waals surface area contributed by atoms with Gasteiger partial charge in [-0.2, -0.15) is 0 Å². The van der Waals surface area contributed by atoms with Gasteiger partial charge in [-0.3, -0.25) is 0 Å². The molecule has 0 amide bonds. The molecule has 0 aliphatic carbocycles. The highest BCUT2D eigenvalue weighted by molar-refractivity contribution is 6.00. The molecule has 0 radical (unpaired) electrons. The van der Waals surface area contributed by atoms with Crippen LogP contribution in [0.4, 0.5) is 4.39 Å². The Morgan fingerprint density at radius 2 is 2.18 bits per heavy atom. The van der Waals surface area contributed by atoms with E-state index in [4.69, 9.17) is 9.94 Å². The average Bonchev–Trinajstić information content (AvgIpc) is 2.29. The molecule has 0 saturated heterocycles. The van der Waals surface area contributed by atoms with Crippen molar-refractivity contribution in [2.24, 2.45) is 11.1 Å². The smallest absolute Gasteiger partial charge is 0.128 e. The lowest BCUT2D eigenvalue weighted by Crippen LogP contribution is -2.06. The minimum Gasteiger partial charge on any atom is -0.493 e. The Hall–Kier alpha value is -1.58. The molecule has 0 fully saturated rings. The molecule has 0 spiro atoms. The van der Waals surface area contributed by atoms with Crippen molar-refractivity contribution in [1.82, 2.24) is 0 Å². The van der Waals surface area contributed by atoms with Gasteiger partial charge in [0.25, 0.3) is 0 Å². The summed E-state index contributed by atoms with van der Waals surface area (Å²) < 4.78 is 18.7. The van der Waals surface area contributed by atoms with Crippen LogP contribution in [-0.4, -0.2) is 17.5 Å². The van der Waals surface area contributed by atoms with Gasteiger partial charge in [-0.15, -0.1) is 0 Å². The summed E-state index contributed by atoms with van der Waals surface area (Å²) in [6.45, 7) is 6.38. The van der Waals surface area contributed by atoms with Crippen molar-refractivity contribution in [3.05, 3.63) is 29.6 Å². The van der Waals surface area contributed by atoms with Crippen molar-refractivity contribution < 1.29 is 14.3 Å². The van der Waals surface area contributed by atoms with Crippen LogP contribution in [0.15, 0.2) is 23.4 Å². The van der Waals surface area contributed by atoms with Crippen LogP contribution in [0.2, 0.25) is 0 Å². The maximum absolute atomic E-state index is 13.1. The molecule has 0 aliphatic heterocycles. The lowest BCUT2D eigenvalue weighted by molar-refractivity contribution is 0.287. The van der Waals surface area contributed by atoms with E-state index in [1.54, 1.807) is 13.0 Å². The maximum Gasteiger partial charge on any atom is 0.128 e. The minimum absolute atomic E-state index is 0.337. The minimum atomic E-state index is -0.376. The van der Waals surface area contributed by atoms with E-state index in [1.807, 2.05) is 0 Å². The first kappa shape index (κ1) is 13.5. The molecule has 4 heteroatoms. The second-order valence-corrected chi connectivity index (χ2v) is 4.36. The summed E-state index contributed by atoms with van der Waals surface area (Å²) in [6.07, 6.45) is 0.923. The monoisotopic (exact) mass is 239 g/mol. The average molecular weight is 239 g/mol. The van der Waals surface area contributed by atoms with Gasteiger partial charge in [-0.25, -0.2) is 4.39 Å². The van der Waals surface area contributed by atoms with E-state index in [-0.39, 0.29) is 5.82 Å². The van der Waals surface area contributed by atoms with Gasteiger partial charge in [0, 0.05) is 5.56 Å². The van der Waals surface area contributed by atoms with Crippen LogP contribution in [0.1, 0.15) is 32.8 Å². The van der Waals surface area contributed by atoms with Crippen LogP contribution < -0.4 is 4.74 Å². The molecular formula is C13H18FNO2. The SMILES string of the molecule is CC(=NO)c1cc(F)ccc1OCCC(C)C. The predicted octanol–water partition coefficient (Wildman–Crippen LogP) is 3.45. The fraction of sp³-hybridized carbons (Fsp3) is 0.462. The molecule has 1 aromatic rings. The van der Waals surface area contributed by atoms with Crippen molar-refractivity contribution in [1.29, 1.82) is 0 Å². The van der Waals surface area contributed by atoms with Crippen LogP contribution in [0, 0.1) is 11.7 Å². The quantitative estimate of drug-likeness (QED) is 0.486. The summed E-state index contributed by atoms with van der Waals surface area (Å²) in [5.41, 5.74) is 0.820. The predicted molar refractivity (Wildman–Crippen MR) is 65.3 cm³/mol. The maximum atomic E-state index is 13.1. The van der Waals surface area contributed by atoms with Crippen LogP contribution in [-0.2, 0) is 0 Å². The highest BCUT2D eigenvalue weighted by Crippen LogP contribution is 2.21. The van der Waals surface area contributed by atoms with E-state index in [1.165, 1.54) is 12.1 Å². The van der Waals surface area contributed by atoms with Gasteiger partial charge in [0.05, 0.1) is 12.3 Å². The molecule has 1 rings (SSSR count). The Morgan fingerprint density at radius 1 is 1.47 bits per heavy atom. The summed E-state index contributed by atoms with van der Waals surface area (Å²) in [5, 5.41) is 11.8. The Bertz CT molecular complexity index is 402. The fourth-order valence-electron chi connectivity index (χ4n) is 1.37. The first-order chi connectivity index (χ1) is 8.04. The number of nitrogens with zero attached hydrogens (tertiary/aromatic N) is 1. The van der Waals surface area contributed by atoms with Gasteiger partial charge in [-0.05, 0) is 37.5 Å². The van der Waals surface area contributed by atoms with Crippen molar-refractivity contribution in [2.75, 3.05) is 6.61 Å². The zero-order chi connectivity index (χ0) is 12.8. The third-order valence-corrected chi connectivity index (χ3v) is 2.43. The van der Waals surface area contributed by atoms with E-state index in [9.17, 15) is 4.39 Å². The van der Waals surface area contributed by atoms with E-state index in [0.29, 0.717) is 29.5 Å². The third kappa shape index (κ3) is 4.06. The molecule has 1 aromatic carbocycles. The first-order valence-corrected chi connectivity index (χ1v) is 5.66. The number of rotatable bonds is 5. The van der Waals surface area contributed by atoms with E-state index in [2.05, 4.69) is 19.0 Å². The summed E-state index contributed by atoms with van der Waals surface area (Å²) in [7, 11) is 0. The van der Waals surface area contributed by atoms with Crippen molar-refractivity contribution >= 4 is 5.71 Å². The summed E-state index contributed by atoms with van der Waals surface area (Å²) >= 11 is 0. The Balaban J connectivity index is 2.83. The topological polar surface area (TPSA) is 41.8 Å². The number of oxime groups is 1. The Kier molecular flexibility index (Phi) is 4.94. The number of benzene rings is 1. The van der Waals surface area contributed by atoms with Crippen molar-refractivity contribution in [3.63, 3.8) is 0 Å². The zero-order valence-electron chi connectivity index (χ0n) is 10.4. The van der Waals surface area contributed by atoms with Gasteiger partial charge >= 0.3 is 0 Å². The molecule has 17 heavy (non-hydrogen) atoms. The molecule has 0 aromatic heterocycles. The molecule has 0 aliphatic rings. The van der Waals surface area contributed by atoms with Crippen LogP contribution >= 0.6 is 0 Å². The molecule has 0 atom stereocenters. The summed E-state index contributed by atoms with van der Waals surface area (Å²) in [6, 6.07) is 4.19. The molecule has 94 valence electrons. The largest absolute Gasteiger partial charge is 0.493 e. The second-order valence-electron chi connectivity index (χ2n) is 4.36. The van der Waals surface area contributed by atoms with E-state index < -0.39 is 0 Å². The molecule has 1 N–H and O–H groups in total. The number of hydrogen-bond acceptors (Lipinski definition) is 3. The highest BCUT2D eigenvalue weighted by Gasteiger charge is 2.09. The first-order valence-electron chi connectivity index (χ1n) is 5.66. The van der Waals surface area contributed by atoms with Gasteiger partial charge in [0.1, 0.15) is 11.6 Å². The molecule has 0 heterocycles. The van der Waals surface area contributed by atoms with E-state index >= 15 is 0 Å². The van der Waals surface area contributed by atoms with Gasteiger partial charge in [0.2, 0.25) is 0 Å². The Morgan fingerprint density at radius 3 is 2.76 bits per heavy atom. The third-order valence-electron chi connectivity index (χ3n) is 2.43. The molecule has 0 unspecified atom stereocenters. The molecular weight excluding hydrogens is 221 g/mol. The molecule has 0 bridgehead atoms. The van der Waals surface area contributed by atoms with Crippen molar-refractivity contribution in [3.8, 4) is 5.75 Å². The second kappa shape index (κ2) is 6.23. The standard InChI is InChI=1S/C13H18FNO2/c1-9(2)6-7-17-13-5-4-11(14)8-12(13)10(3)15-16/h4-5,8-9,16H,6-7H2,1-3H3. The van der Waals surface area contributed by atoms with Gasteiger partial charge in [-0.1, -0.05) is 19.0 Å². The van der Waals surface area contributed by atoms with Crippen LogP contribution in [0.25, 0.3) is 0 Å².